The molecule has 1 amide bonds. The van der Waals surface area contributed by atoms with E-state index in [0.29, 0.717) is 32.2 Å². The zero-order chi connectivity index (χ0) is 18.8. The Labute approximate surface area is 166 Å². The largest absolute Gasteiger partial charge is 0.322 e. The molecule has 132 valence electrons. The van der Waals surface area contributed by atoms with Crippen molar-refractivity contribution < 1.29 is 4.79 Å². The molecule has 0 spiro atoms. The number of hydrogen-bond acceptors (Lipinski definition) is 2. The zero-order valence-electron chi connectivity index (χ0n) is 14.1. The van der Waals surface area contributed by atoms with Crippen molar-refractivity contribution in [2.24, 2.45) is 0 Å². The van der Waals surface area contributed by atoms with Crippen molar-refractivity contribution >= 4 is 45.7 Å². The van der Waals surface area contributed by atoms with E-state index in [9.17, 15) is 4.79 Å². The van der Waals surface area contributed by atoms with E-state index in [1.165, 1.54) is 0 Å². The number of nitrogens with zero attached hydrogens (tertiary/aromatic N) is 1. The Hall–Kier alpha value is -2.88. The first kappa shape index (κ1) is 17.5. The van der Waals surface area contributed by atoms with Crippen LogP contribution >= 0.6 is 23.2 Å². The van der Waals surface area contributed by atoms with Gasteiger partial charge in [-0.2, -0.15) is 0 Å². The highest BCUT2D eigenvalue weighted by Crippen LogP contribution is 2.28. The van der Waals surface area contributed by atoms with Gasteiger partial charge in [-0.1, -0.05) is 53.5 Å². The molecule has 0 atom stereocenters. The Morgan fingerprint density at radius 1 is 0.815 bits per heavy atom. The maximum Gasteiger partial charge on any atom is 0.256 e. The summed E-state index contributed by atoms with van der Waals surface area (Å²) in [5.41, 5.74) is 3.55. The molecule has 3 aromatic carbocycles. The van der Waals surface area contributed by atoms with Crippen molar-refractivity contribution in [3.8, 4) is 11.3 Å². The van der Waals surface area contributed by atoms with Gasteiger partial charge in [0.05, 0.1) is 16.8 Å². The summed E-state index contributed by atoms with van der Waals surface area (Å²) in [4.78, 5) is 17.7. The molecule has 0 aliphatic rings. The standard InChI is InChI=1S/C22H14Cl2N2O/c23-15-6-9-17(10-7-15)25-22(27)19-13-21(14-4-2-1-3-5-14)26-20-11-8-16(24)12-18(19)20/h1-13H,(H,25,27). The minimum absolute atomic E-state index is 0.232. The van der Waals surface area contributed by atoms with E-state index in [1.807, 2.05) is 36.4 Å². The third-order valence-corrected chi connectivity index (χ3v) is 4.67. The Balaban J connectivity index is 1.82. The van der Waals surface area contributed by atoms with Gasteiger partial charge in [-0.25, -0.2) is 4.98 Å². The van der Waals surface area contributed by atoms with Gasteiger partial charge in [-0.3, -0.25) is 4.79 Å². The summed E-state index contributed by atoms with van der Waals surface area (Å²) in [6, 6.07) is 23.9. The normalized spacial score (nSPS) is 10.7. The number of aromatic nitrogens is 1. The van der Waals surface area contributed by atoms with Gasteiger partial charge in [0.1, 0.15) is 0 Å². The van der Waals surface area contributed by atoms with E-state index >= 15 is 0 Å². The summed E-state index contributed by atoms with van der Waals surface area (Å²) in [7, 11) is 0. The number of hydrogen-bond donors (Lipinski definition) is 1. The Kier molecular flexibility index (Phi) is 4.80. The van der Waals surface area contributed by atoms with Crippen molar-refractivity contribution in [1.29, 1.82) is 0 Å². The van der Waals surface area contributed by atoms with Crippen LogP contribution in [0.1, 0.15) is 10.4 Å². The lowest BCUT2D eigenvalue weighted by atomic mass is 10.0. The van der Waals surface area contributed by atoms with Crippen LogP contribution in [0.15, 0.2) is 78.9 Å². The van der Waals surface area contributed by atoms with Crippen molar-refractivity contribution in [1.82, 2.24) is 4.98 Å². The Morgan fingerprint density at radius 3 is 2.26 bits per heavy atom. The molecule has 5 heteroatoms. The van der Waals surface area contributed by atoms with E-state index < -0.39 is 0 Å². The number of amides is 1. The summed E-state index contributed by atoms with van der Waals surface area (Å²) < 4.78 is 0. The number of fused-ring (bicyclic) bond motifs is 1. The van der Waals surface area contributed by atoms with Gasteiger partial charge in [0.15, 0.2) is 0 Å². The second-order valence-corrected chi connectivity index (χ2v) is 6.92. The number of benzene rings is 3. The second-order valence-electron chi connectivity index (χ2n) is 6.04. The van der Waals surface area contributed by atoms with Crippen LogP contribution in [0.5, 0.6) is 0 Å². The van der Waals surface area contributed by atoms with E-state index in [4.69, 9.17) is 28.2 Å². The average Bonchev–Trinajstić information content (AvgIpc) is 2.69. The first-order chi connectivity index (χ1) is 13.1. The molecule has 1 N–H and O–H groups in total. The lowest BCUT2D eigenvalue weighted by Gasteiger charge is -2.11. The fourth-order valence-electron chi connectivity index (χ4n) is 2.87. The molecular formula is C22H14Cl2N2O. The lowest BCUT2D eigenvalue weighted by Crippen LogP contribution is -2.13. The van der Waals surface area contributed by atoms with E-state index in [-0.39, 0.29) is 5.91 Å². The maximum absolute atomic E-state index is 13.0. The molecule has 4 rings (SSSR count). The minimum atomic E-state index is -0.232. The molecule has 1 heterocycles. The highest BCUT2D eigenvalue weighted by atomic mass is 35.5. The molecule has 4 aromatic rings. The molecule has 0 aliphatic carbocycles. The molecule has 1 aromatic heterocycles. The average molecular weight is 393 g/mol. The monoisotopic (exact) mass is 392 g/mol. The molecular weight excluding hydrogens is 379 g/mol. The number of rotatable bonds is 3. The molecule has 27 heavy (non-hydrogen) atoms. The second kappa shape index (κ2) is 7.39. The number of carbonyl (C=O) groups excluding carboxylic acids is 1. The Morgan fingerprint density at radius 2 is 1.52 bits per heavy atom. The Bertz CT molecular complexity index is 1130. The van der Waals surface area contributed by atoms with Crippen LogP contribution in [-0.4, -0.2) is 10.9 Å². The minimum Gasteiger partial charge on any atom is -0.322 e. The van der Waals surface area contributed by atoms with Gasteiger partial charge < -0.3 is 5.32 Å². The number of pyridine rings is 1. The van der Waals surface area contributed by atoms with E-state index in [0.717, 1.165) is 11.3 Å². The summed E-state index contributed by atoms with van der Waals surface area (Å²) in [6.07, 6.45) is 0. The fraction of sp³-hybridized carbons (Fsp3) is 0. The summed E-state index contributed by atoms with van der Waals surface area (Å²) in [6.45, 7) is 0. The summed E-state index contributed by atoms with van der Waals surface area (Å²) >= 11 is 12.1. The fourth-order valence-corrected chi connectivity index (χ4v) is 3.17. The van der Waals surface area contributed by atoms with Crippen LogP contribution in [0.3, 0.4) is 0 Å². The topological polar surface area (TPSA) is 42.0 Å². The maximum atomic E-state index is 13.0. The number of halogens is 2. The molecule has 0 aliphatic heterocycles. The lowest BCUT2D eigenvalue weighted by molar-refractivity contribution is 0.102. The summed E-state index contributed by atoms with van der Waals surface area (Å²) in [5, 5.41) is 4.77. The molecule has 3 nitrogen and oxygen atoms in total. The summed E-state index contributed by atoms with van der Waals surface area (Å²) in [5.74, 6) is -0.232. The van der Waals surface area contributed by atoms with Crippen LogP contribution in [-0.2, 0) is 0 Å². The number of nitrogens with one attached hydrogen (secondary N) is 1. The van der Waals surface area contributed by atoms with Crippen LogP contribution < -0.4 is 5.32 Å². The van der Waals surface area contributed by atoms with Crippen molar-refractivity contribution in [2.45, 2.75) is 0 Å². The number of anilines is 1. The quantitative estimate of drug-likeness (QED) is 0.434. The van der Waals surface area contributed by atoms with Crippen LogP contribution in [0.4, 0.5) is 5.69 Å². The van der Waals surface area contributed by atoms with Gasteiger partial charge >= 0.3 is 0 Å². The molecule has 0 unspecified atom stereocenters. The molecule has 0 fully saturated rings. The highest BCUT2D eigenvalue weighted by molar-refractivity contribution is 6.31. The smallest absolute Gasteiger partial charge is 0.256 e. The molecule has 0 bridgehead atoms. The van der Waals surface area contributed by atoms with Gasteiger partial charge in [0.2, 0.25) is 0 Å². The van der Waals surface area contributed by atoms with E-state index in [1.54, 1.807) is 42.5 Å². The SMILES string of the molecule is O=C(Nc1ccc(Cl)cc1)c1cc(-c2ccccc2)nc2ccc(Cl)cc12. The van der Waals surface area contributed by atoms with Crippen LogP contribution in [0, 0.1) is 0 Å². The molecule has 0 radical (unpaired) electrons. The highest BCUT2D eigenvalue weighted by Gasteiger charge is 2.15. The van der Waals surface area contributed by atoms with Gasteiger partial charge in [-0.15, -0.1) is 0 Å². The molecule has 0 saturated heterocycles. The van der Waals surface area contributed by atoms with Gasteiger partial charge in [0.25, 0.3) is 5.91 Å². The predicted molar refractivity (Wildman–Crippen MR) is 112 cm³/mol. The van der Waals surface area contributed by atoms with Crippen LogP contribution in [0.25, 0.3) is 22.2 Å². The van der Waals surface area contributed by atoms with Crippen molar-refractivity contribution in [2.75, 3.05) is 5.32 Å². The van der Waals surface area contributed by atoms with Crippen molar-refractivity contribution in [3.63, 3.8) is 0 Å². The van der Waals surface area contributed by atoms with Crippen molar-refractivity contribution in [3.05, 3.63) is 94.5 Å². The zero-order valence-corrected chi connectivity index (χ0v) is 15.6. The van der Waals surface area contributed by atoms with E-state index in [2.05, 4.69) is 5.32 Å². The third-order valence-electron chi connectivity index (χ3n) is 4.19. The first-order valence-electron chi connectivity index (χ1n) is 8.33. The van der Waals surface area contributed by atoms with Gasteiger partial charge in [-0.05, 0) is 48.5 Å². The third kappa shape index (κ3) is 3.80. The van der Waals surface area contributed by atoms with Gasteiger partial charge in [0, 0.05) is 26.7 Å². The molecule has 0 saturated carbocycles. The van der Waals surface area contributed by atoms with Crippen LogP contribution in [0.2, 0.25) is 10.0 Å². The predicted octanol–water partition coefficient (Wildman–Crippen LogP) is 6.46. The first-order valence-corrected chi connectivity index (χ1v) is 9.08. The number of carbonyl (C=O) groups is 1.